The maximum Gasteiger partial charge on any atom is 0.254 e. The van der Waals surface area contributed by atoms with Crippen LogP contribution >= 0.6 is 11.6 Å². The molecule has 1 saturated heterocycles. The molecule has 1 fully saturated rings. The van der Waals surface area contributed by atoms with Crippen molar-refractivity contribution in [2.75, 3.05) is 13.1 Å². The first-order valence-corrected chi connectivity index (χ1v) is 5.19. The number of hydrogen-bond donors (Lipinski definition) is 1. The number of carbonyl (C=O) groups is 1. The minimum absolute atomic E-state index is 0.0329. The van der Waals surface area contributed by atoms with E-state index in [2.05, 4.69) is 0 Å². The van der Waals surface area contributed by atoms with Gasteiger partial charge in [-0.3, -0.25) is 4.79 Å². The predicted molar refractivity (Wildman–Crippen MR) is 58.1 cm³/mol. The van der Waals surface area contributed by atoms with Gasteiger partial charge in [-0.2, -0.15) is 0 Å². The normalized spacial score (nSPS) is 16.3. The first-order valence-electron chi connectivity index (χ1n) is 4.81. The number of halogens is 1. The fourth-order valence-corrected chi connectivity index (χ4v) is 1.89. The van der Waals surface area contributed by atoms with E-state index < -0.39 is 0 Å². The van der Waals surface area contributed by atoms with Crippen molar-refractivity contribution in [1.29, 1.82) is 0 Å². The zero-order valence-corrected chi connectivity index (χ0v) is 9.16. The third-order valence-electron chi connectivity index (χ3n) is 2.57. The summed E-state index contributed by atoms with van der Waals surface area (Å²) in [5.41, 5.74) is 1.53. The quantitative estimate of drug-likeness (QED) is 0.786. The molecule has 1 aromatic carbocycles. The summed E-state index contributed by atoms with van der Waals surface area (Å²) in [7, 11) is 0. The highest BCUT2D eigenvalue weighted by Gasteiger charge is 2.29. The second kappa shape index (κ2) is 3.83. The monoisotopic (exact) mass is 225 g/mol. The molecule has 15 heavy (non-hydrogen) atoms. The molecular formula is C11H12ClNO2. The fraction of sp³-hybridized carbons (Fsp3) is 0.364. The van der Waals surface area contributed by atoms with Gasteiger partial charge in [-0.15, -0.1) is 0 Å². The first kappa shape index (κ1) is 10.5. The molecule has 1 aliphatic rings. The lowest BCUT2D eigenvalue weighted by Gasteiger charge is -2.36. The van der Waals surface area contributed by atoms with Gasteiger partial charge in [0.1, 0.15) is 0 Å². The number of aliphatic hydroxyl groups excluding tert-OH is 1. The zero-order valence-electron chi connectivity index (χ0n) is 8.40. The number of β-amino-alcohol motifs (C(OH)–C–C–N with tert-alkyl or cyclic N) is 1. The van der Waals surface area contributed by atoms with Crippen molar-refractivity contribution in [2.24, 2.45) is 0 Å². The predicted octanol–water partition coefficient (Wildman–Crippen LogP) is 1.47. The Bertz CT molecular complexity index is 400. The van der Waals surface area contributed by atoms with Crippen molar-refractivity contribution in [3.63, 3.8) is 0 Å². The van der Waals surface area contributed by atoms with Gasteiger partial charge in [0.25, 0.3) is 5.91 Å². The maximum atomic E-state index is 11.9. The Morgan fingerprint density at radius 1 is 1.53 bits per heavy atom. The van der Waals surface area contributed by atoms with E-state index in [4.69, 9.17) is 16.7 Å². The summed E-state index contributed by atoms with van der Waals surface area (Å²) < 4.78 is 0. The number of hydrogen-bond acceptors (Lipinski definition) is 2. The Hall–Kier alpha value is -1.06. The molecule has 0 spiro atoms. The number of aliphatic hydroxyl groups is 1. The van der Waals surface area contributed by atoms with Crippen LogP contribution in [-0.4, -0.2) is 35.1 Å². The molecule has 2 rings (SSSR count). The summed E-state index contributed by atoms with van der Waals surface area (Å²) in [6.45, 7) is 2.72. The first-order chi connectivity index (χ1) is 7.08. The molecular weight excluding hydrogens is 214 g/mol. The Morgan fingerprint density at radius 3 is 2.73 bits per heavy atom. The van der Waals surface area contributed by atoms with Gasteiger partial charge in [0.2, 0.25) is 0 Å². The standard InChI is InChI=1S/C11H12ClNO2/c1-7-4-8(12)2-3-10(7)11(15)13-5-9(14)6-13/h2-4,9,14H,5-6H2,1H3. The molecule has 0 aromatic heterocycles. The Labute approximate surface area is 93.3 Å². The van der Waals surface area contributed by atoms with E-state index in [0.29, 0.717) is 23.7 Å². The van der Waals surface area contributed by atoms with Gasteiger partial charge < -0.3 is 10.0 Å². The number of rotatable bonds is 1. The van der Waals surface area contributed by atoms with Crippen LogP contribution in [0.25, 0.3) is 0 Å². The summed E-state index contributed by atoms with van der Waals surface area (Å²) in [6, 6.07) is 5.20. The van der Waals surface area contributed by atoms with Crippen LogP contribution in [0.4, 0.5) is 0 Å². The van der Waals surface area contributed by atoms with E-state index in [9.17, 15) is 4.79 Å². The molecule has 1 aliphatic heterocycles. The largest absolute Gasteiger partial charge is 0.389 e. The van der Waals surface area contributed by atoms with Crippen molar-refractivity contribution in [2.45, 2.75) is 13.0 Å². The fourth-order valence-electron chi connectivity index (χ4n) is 1.66. The Balaban J connectivity index is 2.19. The van der Waals surface area contributed by atoms with E-state index in [1.54, 1.807) is 23.1 Å². The zero-order chi connectivity index (χ0) is 11.0. The molecule has 80 valence electrons. The van der Waals surface area contributed by atoms with Crippen LogP contribution in [0.3, 0.4) is 0 Å². The lowest BCUT2D eigenvalue weighted by Crippen LogP contribution is -2.53. The van der Waals surface area contributed by atoms with Gasteiger partial charge in [-0.05, 0) is 30.7 Å². The molecule has 0 saturated carbocycles. The number of benzene rings is 1. The second-order valence-electron chi connectivity index (χ2n) is 3.82. The number of likely N-dealkylation sites (tertiary alicyclic amines) is 1. The molecule has 0 unspecified atom stereocenters. The van der Waals surface area contributed by atoms with Gasteiger partial charge >= 0.3 is 0 Å². The van der Waals surface area contributed by atoms with Crippen LogP contribution in [0, 0.1) is 6.92 Å². The van der Waals surface area contributed by atoms with Gasteiger partial charge in [-0.1, -0.05) is 11.6 Å². The summed E-state index contributed by atoms with van der Waals surface area (Å²) in [5, 5.41) is 9.74. The molecule has 1 aromatic rings. The van der Waals surface area contributed by atoms with E-state index in [-0.39, 0.29) is 12.0 Å². The molecule has 4 heteroatoms. The van der Waals surface area contributed by atoms with Gasteiger partial charge in [-0.25, -0.2) is 0 Å². The van der Waals surface area contributed by atoms with E-state index >= 15 is 0 Å². The maximum absolute atomic E-state index is 11.9. The third-order valence-corrected chi connectivity index (χ3v) is 2.80. The second-order valence-corrected chi connectivity index (χ2v) is 4.26. The van der Waals surface area contributed by atoms with Gasteiger partial charge in [0.05, 0.1) is 6.10 Å². The summed E-state index contributed by atoms with van der Waals surface area (Å²) in [4.78, 5) is 13.5. The molecule has 0 bridgehead atoms. The summed E-state index contributed by atoms with van der Waals surface area (Å²) >= 11 is 5.81. The van der Waals surface area contributed by atoms with Crippen molar-refractivity contribution in [1.82, 2.24) is 4.90 Å². The van der Waals surface area contributed by atoms with Crippen LogP contribution < -0.4 is 0 Å². The molecule has 1 heterocycles. The van der Waals surface area contributed by atoms with Gasteiger partial charge in [0, 0.05) is 23.7 Å². The van der Waals surface area contributed by atoms with Crippen molar-refractivity contribution >= 4 is 17.5 Å². The highest BCUT2D eigenvalue weighted by Crippen LogP contribution is 2.19. The van der Waals surface area contributed by atoms with E-state index in [0.717, 1.165) is 5.56 Å². The topological polar surface area (TPSA) is 40.5 Å². The highest BCUT2D eigenvalue weighted by molar-refractivity contribution is 6.30. The number of carbonyl (C=O) groups excluding carboxylic acids is 1. The van der Waals surface area contributed by atoms with Crippen LogP contribution in [0.1, 0.15) is 15.9 Å². The van der Waals surface area contributed by atoms with Crippen LogP contribution in [0.15, 0.2) is 18.2 Å². The van der Waals surface area contributed by atoms with Crippen LogP contribution in [0.5, 0.6) is 0 Å². The lowest BCUT2D eigenvalue weighted by molar-refractivity contribution is 0.00584. The molecule has 0 aliphatic carbocycles. The average Bonchev–Trinajstić information content (AvgIpc) is 2.12. The average molecular weight is 226 g/mol. The van der Waals surface area contributed by atoms with Crippen LogP contribution in [-0.2, 0) is 0 Å². The Kier molecular flexibility index (Phi) is 2.67. The third kappa shape index (κ3) is 1.98. The molecule has 1 N–H and O–H groups in total. The number of amides is 1. The smallest absolute Gasteiger partial charge is 0.254 e. The molecule has 0 atom stereocenters. The SMILES string of the molecule is Cc1cc(Cl)ccc1C(=O)N1CC(O)C1. The molecule has 0 radical (unpaired) electrons. The van der Waals surface area contributed by atoms with E-state index in [1.165, 1.54) is 0 Å². The Morgan fingerprint density at radius 2 is 2.20 bits per heavy atom. The lowest BCUT2D eigenvalue weighted by atomic mass is 10.0. The summed E-state index contributed by atoms with van der Waals surface area (Å²) in [6.07, 6.45) is -0.360. The molecule has 1 amide bonds. The van der Waals surface area contributed by atoms with Crippen LogP contribution in [0.2, 0.25) is 5.02 Å². The summed E-state index contributed by atoms with van der Waals surface area (Å²) in [5.74, 6) is -0.0329. The highest BCUT2D eigenvalue weighted by atomic mass is 35.5. The number of aryl methyl sites for hydroxylation is 1. The van der Waals surface area contributed by atoms with Crippen molar-refractivity contribution in [3.05, 3.63) is 34.3 Å². The van der Waals surface area contributed by atoms with E-state index in [1.807, 2.05) is 6.92 Å². The minimum atomic E-state index is -0.360. The van der Waals surface area contributed by atoms with Gasteiger partial charge in [0.15, 0.2) is 0 Å². The number of nitrogens with zero attached hydrogens (tertiary/aromatic N) is 1. The minimum Gasteiger partial charge on any atom is -0.389 e. The van der Waals surface area contributed by atoms with Crippen molar-refractivity contribution < 1.29 is 9.90 Å². The molecule has 3 nitrogen and oxygen atoms in total. The van der Waals surface area contributed by atoms with Crippen molar-refractivity contribution in [3.8, 4) is 0 Å².